The molecule has 0 aromatic heterocycles. The normalized spacial score (nSPS) is 28.1. The molecule has 0 bridgehead atoms. The Bertz CT molecular complexity index is 445. The van der Waals surface area contributed by atoms with Crippen LogP contribution in [-0.4, -0.2) is 61.2 Å². The molecule has 0 aromatic carbocycles. The minimum absolute atomic E-state index is 0.0391. The summed E-state index contributed by atoms with van der Waals surface area (Å²) in [5.74, 6) is -0.767. The monoisotopic (exact) mass is 277 g/mol. The molecule has 0 spiro atoms. The number of carbonyl (C=O) groups is 2. The smallest absolute Gasteiger partial charge is 0.410 e. The Kier molecular flexibility index (Phi) is 3.47. The van der Waals surface area contributed by atoms with Gasteiger partial charge in [0.15, 0.2) is 0 Å². The molecule has 2 saturated heterocycles. The van der Waals surface area contributed by atoms with E-state index >= 15 is 0 Å². The van der Waals surface area contributed by atoms with E-state index in [1.807, 2.05) is 0 Å². The van der Waals surface area contributed by atoms with Crippen molar-refractivity contribution in [3.63, 3.8) is 0 Å². The number of amides is 1. The van der Waals surface area contributed by atoms with Crippen LogP contribution in [0.1, 0.15) is 12.8 Å². The van der Waals surface area contributed by atoms with E-state index in [0.29, 0.717) is 19.4 Å². The second-order valence-electron chi connectivity index (χ2n) is 4.71. The summed E-state index contributed by atoms with van der Waals surface area (Å²) < 4.78 is 27.2. The minimum Gasteiger partial charge on any atom is -0.478 e. The molecule has 0 unspecified atom stereocenters. The van der Waals surface area contributed by atoms with Crippen molar-refractivity contribution in [3.05, 3.63) is 0 Å². The van der Waals surface area contributed by atoms with E-state index in [1.54, 1.807) is 0 Å². The Morgan fingerprint density at radius 2 is 2.00 bits per heavy atom. The van der Waals surface area contributed by atoms with Gasteiger partial charge in [-0.15, -0.1) is 0 Å². The van der Waals surface area contributed by atoms with Crippen molar-refractivity contribution in [2.75, 3.05) is 24.6 Å². The third-order valence-electron chi connectivity index (χ3n) is 3.32. The van der Waals surface area contributed by atoms with Crippen LogP contribution in [0.25, 0.3) is 0 Å². The highest BCUT2D eigenvalue weighted by atomic mass is 32.2. The highest BCUT2D eigenvalue weighted by molar-refractivity contribution is 7.91. The SMILES string of the molecule is O=C(O)[C@H]1CN(CC2CCS(=O)(=O)CC2)C(=O)O1. The zero-order valence-corrected chi connectivity index (χ0v) is 10.6. The Labute approximate surface area is 105 Å². The standard InChI is InChI=1S/C10H15NO6S/c12-9(13)8-6-11(10(14)17-8)5-7-1-3-18(15,16)4-2-7/h7-8H,1-6H2,(H,12,13)/t8-/m1/s1. The lowest BCUT2D eigenvalue weighted by atomic mass is 10.0. The van der Waals surface area contributed by atoms with Crippen LogP contribution in [0.2, 0.25) is 0 Å². The largest absolute Gasteiger partial charge is 0.478 e. The number of ether oxygens (including phenoxy) is 1. The van der Waals surface area contributed by atoms with E-state index in [2.05, 4.69) is 4.74 Å². The Hall–Kier alpha value is -1.31. The van der Waals surface area contributed by atoms with Crippen molar-refractivity contribution in [2.45, 2.75) is 18.9 Å². The van der Waals surface area contributed by atoms with Gasteiger partial charge in [-0.2, -0.15) is 0 Å². The van der Waals surface area contributed by atoms with Gasteiger partial charge in [0.1, 0.15) is 9.84 Å². The Morgan fingerprint density at radius 1 is 1.39 bits per heavy atom. The summed E-state index contributed by atoms with van der Waals surface area (Å²) in [5.41, 5.74) is 0. The molecule has 8 heteroatoms. The first-order valence-corrected chi connectivity index (χ1v) is 7.58. The lowest BCUT2D eigenvalue weighted by Gasteiger charge is -2.25. The van der Waals surface area contributed by atoms with Gasteiger partial charge in [0.05, 0.1) is 18.1 Å². The lowest BCUT2D eigenvalue weighted by Crippen LogP contribution is -2.35. The van der Waals surface area contributed by atoms with E-state index in [1.165, 1.54) is 4.90 Å². The highest BCUT2D eigenvalue weighted by Crippen LogP contribution is 2.22. The number of aliphatic carboxylic acids is 1. The number of carboxylic acid groups (broad SMARTS) is 1. The third-order valence-corrected chi connectivity index (χ3v) is 5.03. The van der Waals surface area contributed by atoms with E-state index in [9.17, 15) is 18.0 Å². The van der Waals surface area contributed by atoms with Gasteiger partial charge in [0.2, 0.25) is 6.10 Å². The number of carboxylic acids is 1. The van der Waals surface area contributed by atoms with Gasteiger partial charge < -0.3 is 14.7 Å². The zero-order chi connectivity index (χ0) is 13.3. The minimum atomic E-state index is -2.92. The molecule has 0 aromatic rings. The summed E-state index contributed by atoms with van der Waals surface area (Å²) in [6.07, 6.45) is -0.700. The molecule has 2 fully saturated rings. The van der Waals surface area contributed by atoms with Crippen molar-refractivity contribution in [3.8, 4) is 0 Å². The van der Waals surface area contributed by atoms with Crippen LogP contribution >= 0.6 is 0 Å². The molecule has 7 nitrogen and oxygen atoms in total. The second kappa shape index (κ2) is 4.75. The number of cyclic esters (lactones) is 1. The average molecular weight is 277 g/mol. The van der Waals surface area contributed by atoms with E-state index in [0.717, 1.165) is 0 Å². The number of hydrogen-bond donors (Lipinski definition) is 1. The number of rotatable bonds is 3. The Morgan fingerprint density at radius 3 is 2.50 bits per heavy atom. The first kappa shape index (κ1) is 13.1. The predicted molar refractivity (Wildman–Crippen MR) is 60.9 cm³/mol. The van der Waals surface area contributed by atoms with E-state index in [4.69, 9.17) is 5.11 Å². The molecule has 0 aliphatic carbocycles. The molecule has 0 saturated carbocycles. The lowest BCUT2D eigenvalue weighted by molar-refractivity contribution is -0.144. The van der Waals surface area contributed by atoms with Crippen LogP contribution in [0.4, 0.5) is 4.79 Å². The number of sulfone groups is 1. The van der Waals surface area contributed by atoms with Crippen LogP contribution in [0.5, 0.6) is 0 Å². The molecule has 1 N–H and O–H groups in total. The molecule has 1 amide bonds. The van der Waals surface area contributed by atoms with Gasteiger partial charge in [0, 0.05) is 6.54 Å². The molecule has 0 radical (unpaired) electrons. The summed E-state index contributed by atoms with van der Waals surface area (Å²) in [6.45, 7) is 0.412. The quantitative estimate of drug-likeness (QED) is 0.761. The number of carbonyl (C=O) groups excluding carboxylic acids is 1. The number of hydrogen-bond acceptors (Lipinski definition) is 5. The maximum Gasteiger partial charge on any atom is 0.410 e. The fourth-order valence-electron chi connectivity index (χ4n) is 2.22. The maximum absolute atomic E-state index is 11.4. The molecular formula is C10H15NO6S. The molecule has 2 aliphatic heterocycles. The van der Waals surface area contributed by atoms with Gasteiger partial charge in [-0.05, 0) is 18.8 Å². The second-order valence-corrected chi connectivity index (χ2v) is 7.01. The maximum atomic E-state index is 11.4. The first-order chi connectivity index (χ1) is 8.37. The van der Waals surface area contributed by atoms with Crippen molar-refractivity contribution < 1.29 is 27.9 Å². The zero-order valence-electron chi connectivity index (χ0n) is 9.74. The van der Waals surface area contributed by atoms with Crippen molar-refractivity contribution >= 4 is 21.9 Å². The van der Waals surface area contributed by atoms with Gasteiger partial charge in [-0.25, -0.2) is 18.0 Å². The van der Waals surface area contributed by atoms with E-state index in [-0.39, 0.29) is 24.0 Å². The average Bonchev–Trinajstić information content (AvgIpc) is 2.64. The molecule has 2 rings (SSSR count). The Balaban J connectivity index is 1.88. The van der Waals surface area contributed by atoms with Crippen LogP contribution in [0.3, 0.4) is 0 Å². The molecule has 2 heterocycles. The topological polar surface area (TPSA) is 101 Å². The van der Waals surface area contributed by atoms with Crippen LogP contribution in [0, 0.1) is 5.92 Å². The molecule has 102 valence electrons. The van der Waals surface area contributed by atoms with Gasteiger partial charge in [-0.1, -0.05) is 0 Å². The van der Waals surface area contributed by atoms with Crippen LogP contribution in [0.15, 0.2) is 0 Å². The van der Waals surface area contributed by atoms with Gasteiger partial charge >= 0.3 is 12.1 Å². The summed E-state index contributed by atoms with van der Waals surface area (Å²) in [5, 5.41) is 8.74. The third kappa shape index (κ3) is 2.92. The molecular weight excluding hydrogens is 262 g/mol. The highest BCUT2D eigenvalue weighted by Gasteiger charge is 2.37. The first-order valence-electron chi connectivity index (χ1n) is 5.76. The summed E-state index contributed by atoms with van der Waals surface area (Å²) >= 11 is 0. The predicted octanol–water partition coefficient (Wildman–Crippen LogP) is -0.283. The van der Waals surface area contributed by atoms with Gasteiger partial charge in [0.25, 0.3) is 0 Å². The molecule has 1 atom stereocenters. The summed E-state index contributed by atoms with van der Waals surface area (Å²) in [6, 6.07) is 0. The molecule has 2 aliphatic rings. The van der Waals surface area contributed by atoms with Crippen LogP contribution < -0.4 is 0 Å². The summed E-state index contributed by atoms with van der Waals surface area (Å²) in [7, 11) is -2.92. The van der Waals surface area contributed by atoms with Gasteiger partial charge in [-0.3, -0.25) is 0 Å². The van der Waals surface area contributed by atoms with Crippen LogP contribution in [-0.2, 0) is 19.4 Å². The van der Waals surface area contributed by atoms with Crippen molar-refractivity contribution in [1.82, 2.24) is 4.90 Å². The number of nitrogens with zero attached hydrogens (tertiary/aromatic N) is 1. The summed E-state index contributed by atoms with van der Waals surface area (Å²) in [4.78, 5) is 23.4. The van der Waals surface area contributed by atoms with Crippen molar-refractivity contribution in [2.24, 2.45) is 5.92 Å². The molecule has 18 heavy (non-hydrogen) atoms. The van der Waals surface area contributed by atoms with Crippen molar-refractivity contribution in [1.29, 1.82) is 0 Å². The fraction of sp³-hybridized carbons (Fsp3) is 0.800. The van der Waals surface area contributed by atoms with E-state index < -0.39 is 28.0 Å². The fourth-order valence-corrected chi connectivity index (χ4v) is 3.81.